The van der Waals surface area contributed by atoms with Gasteiger partial charge in [-0.2, -0.15) is 0 Å². The maximum Gasteiger partial charge on any atom is 0.519 e. The Balaban J connectivity index is 1.13. The summed E-state index contributed by atoms with van der Waals surface area (Å²) in [5.74, 6) is -2.01. The number of alkyl halides is 1. The van der Waals surface area contributed by atoms with Crippen molar-refractivity contribution in [1.82, 2.24) is 10.2 Å². The van der Waals surface area contributed by atoms with Crippen LogP contribution in [-0.4, -0.2) is 72.9 Å². The fourth-order valence-electron chi connectivity index (χ4n) is 8.54. The Kier molecular flexibility index (Phi) is 12.4. The first kappa shape index (κ1) is 40.0. The highest BCUT2D eigenvalue weighted by Crippen LogP contribution is 2.42. The monoisotopic (exact) mass is 769 g/mol. The third-order valence-electron chi connectivity index (χ3n) is 11.4. The highest BCUT2D eigenvalue weighted by Gasteiger charge is 2.47. The number of ether oxygens (including phenoxy) is 3. The molecule has 6 rings (SSSR count). The number of hydrogen-bond donors (Lipinski definition) is 2. The van der Waals surface area contributed by atoms with Gasteiger partial charge in [0.2, 0.25) is 17.6 Å². The van der Waals surface area contributed by atoms with E-state index in [9.17, 15) is 28.4 Å². The van der Waals surface area contributed by atoms with Crippen molar-refractivity contribution >= 4 is 40.5 Å². The largest absolute Gasteiger partial charge is 0.519 e. The van der Waals surface area contributed by atoms with Crippen molar-refractivity contribution in [1.29, 1.82) is 0 Å². The van der Waals surface area contributed by atoms with Gasteiger partial charge < -0.3 is 43.0 Å². The van der Waals surface area contributed by atoms with Crippen LogP contribution in [0.15, 0.2) is 42.3 Å². The standard InChI is InChI=1S/C40H52FN3O11/c1-22-33(54-39(49)52-22)21-51-37(47)32-19-26-18-27(12-15-31(26)53-32)42-35(45)34-29(23-10-13-28(50-5)14-11-23)16-17-44(34)36(46)25-8-6-24(7-9-25)30(20-41)43-38(48)55-40(2,3)4/h12,15,18-19,23-25,28-30,34H,6-11,13-14,16-17,20-21H2,1-5H3,(H,42,45)(H,43,48)/t23?,24-,25-,28?,29-,30+,34-/m0/s1. The molecule has 2 saturated carbocycles. The number of nitrogens with zero attached hydrogens (tertiary/aromatic N) is 1. The number of benzene rings is 1. The summed E-state index contributed by atoms with van der Waals surface area (Å²) in [6.07, 6.45) is 6.03. The number of amides is 3. The second kappa shape index (κ2) is 17.0. The van der Waals surface area contributed by atoms with E-state index >= 15 is 0 Å². The number of halogens is 1. The van der Waals surface area contributed by atoms with Gasteiger partial charge in [0.15, 0.2) is 18.1 Å². The van der Waals surface area contributed by atoms with E-state index in [2.05, 4.69) is 10.6 Å². The van der Waals surface area contributed by atoms with Gasteiger partial charge in [0.1, 0.15) is 23.9 Å². The molecule has 2 aromatic heterocycles. The van der Waals surface area contributed by atoms with E-state index in [4.69, 9.17) is 27.5 Å². The first-order valence-electron chi connectivity index (χ1n) is 19.2. The Morgan fingerprint density at radius 3 is 2.33 bits per heavy atom. The predicted molar refractivity (Wildman–Crippen MR) is 197 cm³/mol. The molecule has 3 atom stereocenters. The summed E-state index contributed by atoms with van der Waals surface area (Å²) < 4.78 is 45.7. The molecule has 3 heterocycles. The smallest absolute Gasteiger partial charge is 0.451 e. The third kappa shape index (κ3) is 9.60. The summed E-state index contributed by atoms with van der Waals surface area (Å²) in [4.78, 5) is 66.7. The van der Waals surface area contributed by atoms with E-state index in [1.807, 2.05) is 0 Å². The van der Waals surface area contributed by atoms with Gasteiger partial charge in [-0.25, -0.2) is 18.8 Å². The molecule has 15 heteroatoms. The summed E-state index contributed by atoms with van der Waals surface area (Å²) in [6.45, 7) is 6.19. The van der Waals surface area contributed by atoms with Gasteiger partial charge >= 0.3 is 17.9 Å². The normalized spacial score (nSPS) is 25.0. The zero-order valence-electron chi connectivity index (χ0n) is 32.2. The number of methoxy groups -OCH3 is 1. The van der Waals surface area contributed by atoms with Gasteiger partial charge in [0.05, 0.1) is 12.1 Å². The number of hydrogen-bond acceptors (Lipinski definition) is 11. The van der Waals surface area contributed by atoms with E-state index < -0.39 is 42.2 Å². The van der Waals surface area contributed by atoms with E-state index in [1.54, 1.807) is 51.0 Å². The second-order valence-corrected chi connectivity index (χ2v) is 16.1. The van der Waals surface area contributed by atoms with Crippen molar-refractivity contribution in [2.75, 3.05) is 25.6 Å². The maximum absolute atomic E-state index is 14.3. The van der Waals surface area contributed by atoms with Crippen LogP contribution in [0.2, 0.25) is 0 Å². The number of anilines is 1. The van der Waals surface area contributed by atoms with Crippen LogP contribution >= 0.6 is 0 Å². The van der Waals surface area contributed by atoms with Crippen LogP contribution in [0, 0.1) is 30.6 Å². The number of alkyl carbamates (subject to hydrolysis) is 1. The predicted octanol–water partition coefficient (Wildman–Crippen LogP) is 6.67. The molecule has 0 radical (unpaired) electrons. The lowest BCUT2D eigenvalue weighted by Gasteiger charge is -2.38. The van der Waals surface area contributed by atoms with Crippen LogP contribution < -0.4 is 16.5 Å². The Morgan fingerprint density at radius 1 is 0.964 bits per heavy atom. The second-order valence-electron chi connectivity index (χ2n) is 16.1. The van der Waals surface area contributed by atoms with Gasteiger partial charge in [0.25, 0.3) is 0 Å². The first-order valence-corrected chi connectivity index (χ1v) is 19.2. The van der Waals surface area contributed by atoms with E-state index in [0.717, 1.165) is 25.7 Å². The van der Waals surface area contributed by atoms with Gasteiger partial charge in [-0.3, -0.25) is 9.59 Å². The molecule has 3 aromatic rings. The topological polar surface area (TPSA) is 180 Å². The molecule has 1 saturated heterocycles. The molecule has 0 unspecified atom stereocenters. The Bertz CT molecular complexity index is 1890. The van der Waals surface area contributed by atoms with E-state index in [1.165, 1.54) is 13.0 Å². The lowest BCUT2D eigenvalue weighted by atomic mass is 9.75. The van der Waals surface area contributed by atoms with Gasteiger partial charge in [-0.1, -0.05) is 0 Å². The first-order chi connectivity index (χ1) is 26.2. The lowest BCUT2D eigenvalue weighted by Crippen LogP contribution is -2.50. The number of aryl methyl sites for hydroxylation is 1. The highest BCUT2D eigenvalue weighted by atomic mass is 19.1. The van der Waals surface area contributed by atoms with Crippen LogP contribution in [-0.2, 0) is 30.4 Å². The number of carbonyl (C=O) groups excluding carboxylic acids is 4. The summed E-state index contributed by atoms with van der Waals surface area (Å²) in [5, 5.41) is 6.28. The van der Waals surface area contributed by atoms with Crippen LogP contribution in [0.3, 0.4) is 0 Å². The molecule has 55 heavy (non-hydrogen) atoms. The Morgan fingerprint density at radius 2 is 1.69 bits per heavy atom. The van der Waals surface area contributed by atoms with Crippen molar-refractivity contribution in [3.05, 3.63) is 52.2 Å². The number of fused-ring (bicyclic) bond motifs is 1. The molecule has 3 aliphatic rings. The molecule has 0 spiro atoms. The van der Waals surface area contributed by atoms with Crippen molar-refractivity contribution in [2.24, 2.45) is 23.7 Å². The van der Waals surface area contributed by atoms with Gasteiger partial charge in [-0.05, 0) is 128 Å². The molecule has 3 amide bonds. The van der Waals surface area contributed by atoms with Crippen molar-refractivity contribution in [3.63, 3.8) is 0 Å². The zero-order valence-corrected chi connectivity index (χ0v) is 32.2. The lowest BCUT2D eigenvalue weighted by molar-refractivity contribution is -0.142. The van der Waals surface area contributed by atoms with Gasteiger partial charge in [-0.15, -0.1) is 0 Å². The minimum absolute atomic E-state index is 0.0330. The quantitative estimate of drug-likeness (QED) is 0.199. The van der Waals surface area contributed by atoms with Crippen molar-refractivity contribution in [3.8, 4) is 0 Å². The fourth-order valence-corrected chi connectivity index (χ4v) is 8.54. The van der Waals surface area contributed by atoms with Crippen LogP contribution in [0.25, 0.3) is 11.0 Å². The number of likely N-dealkylation sites (tertiary alicyclic amines) is 1. The minimum Gasteiger partial charge on any atom is -0.451 e. The average molecular weight is 770 g/mol. The molecular formula is C40H52FN3O11. The molecule has 300 valence electrons. The van der Waals surface area contributed by atoms with E-state index in [0.29, 0.717) is 55.3 Å². The number of carbonyl (C=O) groups is 4. The molecular weight excluding hydrogens is 717 g/mol. The minimum atomic E-state index is -0.890. The SMILES string of the molecule is COC1CCC([C@@H]2CCN(C(=O)[C@H]3CC[C@H]([C@@H](CF)NC(=O)OC(C)(C)C)CC3)[C@@H]2C(=O)Nc2ccc3oc(C(=O)OCc4oc(=O)oc4C)cc3c2)CC1. The van der Waals surface area contributed by atoms with Crippen molar-refractivity contribution < 1.29 is 51.0 Å². The van der Waals surface area contributed by atoms with Crippen LogP contribution in [0.4, 0.5) is 14.9 Å². The molecule has 2 N–H and O–H groups in total. The number of furan rings is 1. The summed E-state index contributed by atoms with van der Waals surface area (Å²) in [6, 6.07) is 5.13. The van der Waals surface area contributed by atoms with E-state index in [-0.39, 0.29) is 65.5 Å². The average Bonchev–Trinajstić information content (AvgIpc) is 3.88. The zero-order chi connectivity index (χ0) is 39.4. The Hall–Kier alpha value is -4.66. The number of nitrogens with one attached hydrogen (secondary N) is 2. The summed E-state index contributed by atoms with van der Waals surface area (Å²) >= 11 is 0. The molecule has 1 aromatic carbocycles. The molecule has 1 aliphatic heterocycles. The highest BCUT2D eigenvalue weighted by molar-refractivity contribution is 6.00. The van der Waals surface area contributed by atoms with Gasteiger partial charge in [0, 0.05) is 30.6 Å². The van der Waals surface area contributed by atoms with Crippen LogP contribution in [0.1, 0.15) is 101 Å². The maximum atomic E-state index is 14.3. The van der Waals surface area contributed by atoms with Crippen molar-refractivity contribution in [2.45, 2.75) is 116 Å². The summed E-state index contributed by atoms with van der Waals surface area (Å²) in [7, 11) is 1.72. The molecule has 14 nitrogen and oxygen atoms in total. The van der Waals surface area contributed by atoms with Crippen LogP contribution in [0.5, 0.6) is 0 Å². The number of esters is 1. The Labute approximate surface area is 318 Å². The molecule has 3 fully saturated rings. The molecule has 2 aliphatic carbocycles. The summed E-state index contributed by atoms with van der Waals surface area (Å²) in [5.41, 5.74) is 0.170. The molecule has 0 bridgehead atoms. The fraction of sp³-hybridized carbons (Fsp3) is 0.625. The number of rotatable bonds is 11. The third-order valence-corrected chi connectivity index (χ3v) is 11.4.